The number of nitrogens with two attached hydrogens (primary N) is 1. The first kappa shape index (κ1) is 19.3. The van der Waals surface area contributed by atoms with Gasteiger partial charge in [-0.3, -0.25) is 4.79 Å². The van der Waals surface area contributed by atoms with Gasteiger partial charge in [-0.2, -0.15) is 0 Å². The fourth-order valence-corrected chi connectivity index (χ4v) is 2.43. The van der Waals surface area contributed by atoms with Crippen molar-refractivity contribution in [2.45, 2.75) is 32.7 Å². The van der Waals surface area contributed by atoms with Crippen LogP contribution in [0.25, 0.3) is 0 Å². The van der Waals surface area contributed by atoms with Crippen molar-refractivity contribution in [1.29, 1.82) is 0 Å². The van der Waals surface area contributed by atoms with Crippen LogP contribution in [0.2, 0.25) is 0 Å². The molecule has 6 heteroatoms. The highest BCUT2D eigenvalue weighted by atomic mass is 16.5. The Morgan fingerprint density at radius 3 is 2.27 bits per heavy atom. The molecule has 0 aromatic heterocycles. The number of nitrogens with one attached hydrogen (secondary N) is 2. The Kier molecular flexibility index (Phi) is 5.87. The summed E-state index contributed by atoms with van der Waals surface area (Å²) in [4.78, 5) is 23.3. The molecule has 4 N–H and O–H groups in total. The molecule has 2 rings (SSSR count). The van der Waals surface area contributed by atoms with Gasteiger partial charge in [0.25, 0.3) is 5.91 Å². The van der Waals surface area contributed by atoms with Crippen molar-refractivity contribution in [2.24, 2.45) is 5.73 Å². The molecule has 0 aliphatic rings. The van der Waals surface area contributed by atoms with Crippen molar-refractivity contribution in [1.82, 2.24) is 5.32 Å². The molecule has 0 saturated carbocycles. The highest BCUT2D eigenvalue weighted by Crippen LogP contribution is 2.31. The van der Waals surface area contributed by atoms with E-state index in [1.54, 1.807) is 31.4 Å². The summed E-state index contributed by atoms with van der Waals surface area (Å²) < 4.78 is 5.36. The van der Waals surface area contributed by atoms with Gasteiger partial charge in [-0.1, -0.05) is 39.0 Å². The van der Waals surface area contributed by atoms with Gasteiger partial charge >= 0.3 is 6.03 Å². The summed E-state index contributed by atoms with van der Waals surface area (Å²) >= 11 is 0. The van der Waals surface area contributed by atoms with Crippen molar-refractivity contribution < 1.29 is 14.3 Å². The number of hydrogen-bond donors (Lipinski definition) is 3. The van der Waals surface area contributed by atoms with Gasteiger partial charge in [-0.25, -0.2) is 4.79 Å². The van der Waals surface area contributed by atoms with E-state index in [9.17, 15) is 9.59 Å². The number of carbonyl (C=O) groups excluding carboxylic acids is 2. The first-order chi connectivity index (χ1) is 12.2. The number of ether oxygens (including phenoxy) is 1. The van der Waals surface area contributed by atoms with Gasteiger partial charge in [0.1, 0.15) is 5.75 Å². The van der Waals surface area contributed by atoms with Crippen LogP contribution < -0.4 is 21.1 Å². The number of urea groups is 1. The fraction of sp³-hybridized carbons (Fsp3) is 0.300. The summed E-state index contributed by atoms with van der Waals surface area (Å²) in [5.41, 5.74) is 8.10. The molecular formula is C20H25N3O3. The van der Waals surface area contributed by atoms with Crippen molar-refractivity contribution in [3.8, 4) is 5.75 Å². The normalized spacial score (nSPS) is 10.9. The fourth-order valence-electron chi connectivity index (χ4n) is 2.43. The van der Waals surface area contributed by atoms with Gasteiger partial charge in [0, 0.05) is 12.1 Å². The van der Waals surface area contributed by atoms with E-state index >= 15 is 0 Å². The van der Waals surface area contributed by atoms with Crippen LogP contribution in [0.5, 0.6) is 5.75 Å². The van der Waals surface area contributed by atoms with Crippen LogP contribution in [0.1, 0.15) is 42.3 Å². The molecule has 0 aliphatic heterocycles. The number of carbonyl (C=O) groups is 2. The third-order valence-corrected chi connectivity index (χ3v) is 4.00. The van der Waals surface area contributed by atoms with E-state index in [2.05, 4.69) is 31.4 Å². The van der Waals surface area contributed by atoms with Crippen LogP contribution >= 0.6 is 0 Å². The lowest BCUT2D eigenvalue weighted by molar-refractivity contribution is 0.102. The smallest absolute Gasteiger partial charge is 0.312 e. The van der Waals surface area contributed by atoms with E-state index in [1.165, 1.54) is 0 Å². The van der Waals surface area contributed by atoms with Gasteiger partial charge in [-0.15, -0.1) is 0 Å². The van der Waals surface area contributed by atoms with Crippen LogP contribution in [0, 0.1) is 0 Å². The number of primary amides is 1. The van der Waals surface area contributed by atoms with E-state index in [4.69, 9.17) is 10.5 Å². The van der Waals surface area contributed by atoms with Crippen LogP contribution in [-0.2, 0) is 12.0 Å². The molecule has 3 amide bonds. The zero-order valence-corrected chi connectivity index (χ0v) is 15.6. The molecule has 0 spiro atoms. The largest absolute Gasteiger partial charge is 0.495 e. The monoisotopic (exact) mass is 355 g/mol. The summed E-state index contributed by atoms with van der Waals surface area (Å²) in [5, 5.41) is 5.41. The Morgan fingerprint density at radius 2 is 1.73 bits per heavy atom. The number of rotatable bonds is 5. The molecule has 0 aliphatic carbocycles. The summed E-state index contributed by atoms with van der Waals surface area (Å²) in [6.45, 7) is 6.65. The molecule has 138 valence electrons. The van der Waals surface area contributed by atoms with Gasteiger partial charge in [-0.05, 0) is 40.8 Å². The molecule has 26 heavy (non-hydrogen) atoms. The highest BCUT2D eigenvalue weighted by molar-refractivity contribution is 6.05. The number of anilines is 1. The molecule has 6 nitrogen and oxygen atoms in total. The summed E-state index contributed by atoms with van der Waals surface area (Å²) in [5.74, 6) is 0.373. The highest BCUT2D eigenvalue weighted by Gasteiger charge is 2.17. The molecule has 0 unspecified atom stereocenters. The lowest BCUT2D eigenvalue weighted by atomic mass is 9.87. The quantitative estimate of drug-likeness (QED) is 0.767. The van der Waals surface area contributed by atoms with Crippen LogP contribution in [0.3, 0.4) is 0 Å². The van der Waals surface area contributed by atoms with Crippen molar-refractivity contribution >= 4 is 17.6 Å². The van der Waals surface area contributed by atoms with Gasteiger partial charge < -0.3 is 21.1 Å². The topological polar surface area (TPSA) is 93.4 Å². The Labute approximate surface area is 153 Å². The Hall–Kier alpha value is -3.02. The van der Waals surface area contributed by atoms with Crippen LogP contribution in [0.15, 0.2) is 42.5 Å². The minimum atomic E-state index is -0.586. The van der Waals surface area contributed by atoms with Crippen LogP contribution in [0.4, 0.5) is 10.5 Å². The number of amides is 3. The number of benzene rings is 2. The second kappa shape index (κ2) is 7.91. The molecule has 0 saturated heterocycles. The van der Waals surface area contributed by atoms with Gasteiger partial charge in [0.15, 0.2) is 0 Å². The van der Waals surface area contributed by atoms with Crippen molar-refractivity contribution in [3.63, 3.8) is 0 Å². The van der Waals surface area contributed by atoms with E-state index in [1.807, 2.05) is 18.2 Å². The molecule has 0 fully saturated rings. The lowest BCUT2D eigenvalue weighted by Crippen LogP contribution is -2.28. The van der Waals surface area contributed by atoms with E-state index in [-0.39, 0.29) is 11.3 Å². The first-order valence-corrected chi connectivity index (χ1v) is 8.33. The van der Waals surface area contributed by atoms with Crippen molar-refractivity contribution in [2.75, 3.05) is 12.4 Å². The third kappa shape index (κ3) is 4.99. The second-order valence-corrected chi connectivity index (χ2v) is 7.03. The second-order valence-electron chi connectivity index (χ2n) is 7.03. The molecule has 0 radical (unpaired) electrons. The Bertz CT molecular complexity index is 793. The van der Waals surface area contributed by atoms with Gasteiger partial charge in [0.2, 0.25) is 0 Å². The van der Waals surface area contributed by atoms with Crippen LogP contribution in [-0.4, -0.2) is 19.0 Å². The average Bonchev–Trinajstić information content (AvgIpc) is 2.59. The molecule has 2 aromatic rings. The molecule has 0 heterocycles. The maximum atomic E-state index is 12.6. The summed E-state index contributed by atoms with van der Waals surface area (Å²) in [6, 6.07) is 12.1. The zero-order valence-electron chi connectivity index (χ0n) is 15.6. The minimum Gasteiger partial charge on any atom is -0.495 e. The number of methoxy groups -OCH3 is 1. The summed E-state index contributed by atoms with van der Waals surface area (Å²) in [7, 11) is 1.57. The third-order valence-electron chi connectivity index (χ3n) is 4.00. The predicted octanol–water partition coefficient (Wildman–Crippen LogP) is 3.41. The first-order valence-electron chi connectivity index (χ1n) is 8.33. The zero-order chi connectivity index (χ0) is 19.3. The molecular weight excluding hydrogens is 330 g/mol. The Morgan fingerprint density at radius 1 is 1.08 bits per heavy atom. The predicted molar refractivity (Wildman–Crippen MR) is 103 cm³/mol. The maximum absolute atomic E-state index is 12.6. The summed E-state index contributed by atoms with van der Waals surface area (Å²) in [6.07, 6.45) is 0. The molecule has 0 atom stereocenters. The molecule has 2 aromatic carbocycles. The standard InChI is InChI=1S/C20H25N3O3/c1-20(2,3)15-9-10-17(26-4)16(11-15)23-18(24)14-7-5-13(6-8-14)12-22-19(21)25/h5-11H,12H2,1-4H3,(H,23,24)(H3,21,22,25). The Balaban J connectivity index is 2.17. The molecule has 0 bridgehead atoms. The average molecular weight is 355 g/mol. The lowest BCUT2D eigenvalue weighted by Gasteiger charge is -2.21. The van der Waals surface area contributed by atoms with E-state index in [0.29, 0.717) is 23.5 Å². The van der Waals surface area contributed by atoms with E-state index < -0.39 is 6.03 Å². The maximum Gasteiger partial charge on any atom is 0.312 e. The SMILES string of the molecule is COc1ccc(C(C)(C)C)cc1NC(=O)c1ccc(CNC(N)=O)cc1. The van der Waals surface area contributed by atoms with E-state index in [0.717, 1.165) is 11.1 Å². The minimum absolute atomic E-state index is 0.0408. The number of hydrogen-bond acceptors (Lipinski definition) is 3. The van der Waals surface area contributed by atoms with Gasteiger partial charge in [0.05, 0.1) is 12.8 Å². The van der Waals surface area contributed by atoms with Crippen molar-refractivity contribution in [3.05, 3.63) is 59.2 Å².